The fourth-order valence-corrected chi connectivity index (χ4v) is 3.88. The van der Waals surface area contributed by atoms with E-state index in [1.165, 1.54) is 12.3 Å². The van der Waals surface area contributed by atoms with Crippen molar-refractivity contribution in [2.24, 2.45) is 0 Å². The fraction of sp³-hybridized carbons (Fsp3) is 0.647. The minimum absolute atomic E-state index is 0.00203. The van der Waals surface area contributed by atoms with Gasteiger partial charge in [-0.15, -0.1) is 6.42 Å². The standard InChI is InChI=1S/C17H26FN3O4Si/c1-7-17(18)13(25-26(5,6)16(2,3)4)11(10-22)24-14(17)21-9-8-12(19)20-15(21)23/h1,8-9,11,13-14,22H,10H2,2-6H3,(H2,19,20,23)/t11-,13-,14-,17+/m1/s1. The Morgan fingerprint density at radius 1 is 1.58 bits per heavy atom. The first-order valence-electron chi connectivity index (χ1n) is 8.33. The van der Waals surface area contributed by atoms with Crippen LogP contribution in [0.25, 0.3) is 0 Å². The fourth-order valence-electron chi connectivity index (χ4n) is 2.57. The summed E-state index contributed by atoms with van der Waals surface area (Å²) in [4.78, 5) is 15.7. The molecule has 26 heavy (non-hydrogen) atoms. The summed E-state index contributed by atoms with van der Waals surface area (Å²) in [7, 11) is -2.44. The van der Waals surface area contributed by atoms with Gasteiger partial charge in [0.1, 0.15) is 18.0 Å². The molecule has 1 aliphatic rings. The van der Waals surface area contributed by atoms with Gasteiger partial charge in [0.15, 0.2) is 14.5 Å². The van der Waals surface area contributed by atoms with E-state index in [-0.39, 0.29) is 10.9 Å². The van der Waals surface area contributed by atoms with Gasteiger partial charge in [0.2, 0.25) is 5.67 Å². The third kappa shape index (κ3) is 3.42. The molecule has 2 heterocycles. The Kier molecular flexibility index (Phi) is 5.36. The number of aromatic nitrogens is 2. The van der Waals surface area contributed by atoms with Gasteiger partial charge in [-0.05, 0) is 24.2 Å². The monoisotopic (exact) mass is 383 g/mol. The quantitative estimate of drug-likeness (QED) is 0.603. The highest BCUT2D eigenvalue weighted by Crippen LogP contribution is 2.46. The summed E-state index contributed by atoms with van der Waals surface area (Å²) in [5, 5.41) is 9.49. The van der Waals surface area contributed by atoms with Crippen molar-refractivity contribution < 1.29 is 18.7 Å². The second kappa shape index (κ2) is 6.77. The van der Waals surface area contributed by atoms with Crippen LogP contribution in [-0.2, 0) is 9.16 Å². The van der Waals surface area contributed by atoms with Gasteiger partial charge in [-0.25, -0.2) is 9.18 Å². The molecule has 0 spiro atoms. The van der Waals surface area contributed by atoms with Gasteiger partial charge >= 0.3 is 5.69 Å². The minimum atomic E-state index is -2.45. The molecule has 1 aromatic rings. The number of alkyl halides is 1. The van der Waals surface area contributed by atoms with Crippen molar-refractivity contribution in [1.82, 2.24) is 9.55 Å². The number of aliphatic hydroxyl groups is 1. The Hall–Kier alpha value is -1.73. The second-order valence-electron chi connectivity index (χ2n) is 7.96. The first-order chi connectivity index (χ1) is 11.9. The zero-order valence-corrected chi connectivity index (χ0v) is 16.7. The number of terminal acetylenes is 1. The molecule has 0 radical (unpaired) electrons. The van der Waals surface area contributed by atoms with E-state index in [9.17, 15) is 9.90 Å². The molecule has 7 nitrogen and oxygen atoms in total. The normalized spacial score (nSPS) is 29.5. The number of aliphatic hydroxyl groups excluding tert-OH is 1. The lowest BCUT2D eigenvalue weighted by Crippen LogP contribution is -2.53. The maximum absolute atomic E-state index is 15.9. The Morgan fingerprint density at radius 3 is 2.65 bits per heavy atom. The van der Waals surface area contributed by atoms with Crippen molar-refractivity contribution in [2.75, 3.05) is 12.3 Å². The lowest BCUT2D eigenvalue weighted by Gasteiger charge is -2.41. The maximum atomic E-state index is 15.9. The van der Waals surface area contributed by atoms with Crippen molar-refractivity contribution in [2.45, 2.75) is 63.0 Å². The zero-order valence-electron chi connectivity index (χ0n) is 15.7. The van der Waals surface area contributed by atoms with Crippen LogP contribution < -0.4 is 11.4 Å². The Labute approximate surface area is 153 Å². The molecule has 1 saturated heterocycles. The zero-order chi connectivity index (χ0) is 19.9. The van der Waals surface area contributed by atoms with E-state index in [1.54, 1.807) is 0 Å². The molecule has 0 unspecified atom stereocenters. The number of hydrogen-bond acceptors (Lipinski definition) is 6. The topological polar surface area (TPSA) is 99.6 Å². The molecule has 0 aliphatic carbocycles. The van der Waals surface area contributed by atoms with E-state index in [1.807, 2.05) is 33.9 Å². The molecule has 1 aliphatic heterocycles. The van der Waals surface area contributed by atoms with E-state index in [0.717, 1.165) is 4.57 Å². The number of hydrogen-bond donors (Lipinski definition) is 2. The van der Waals surface area contributed by atoms with Crippen molar-refractivity contribution >= 4 is 14.1 Å². The molecule has 0 saturated carbocycles. The largest absolute Gasteiger partial charge is 0.407 e. The van der Waals surface area contributed by atoms with Gasteiger partial charge in [-0.3, -0.25) is 4.57 Å². The molecule has 2 rings (SSSR count). The number of anilines is 1. The van der Waals surface area contributed by atoms with Gasteiger partial charge in [-0.2, -0.15) is 4.98 Å². The summed E-state index contributed by atoms with van der Waals surface area (Å²) in [6.45, 7) is 9.41. The van der Waals surface area contributed by atoms with Crippen LogP contribution >= 0.6 is 0 Å². The highest BCUT2D eigenvalue weighted by molar-refractivity contribution is 6.74. The first-order valence-corrected chi connectivity index (χ1v) is 11.2. The molecule has 0 amide bonds. The molecule has 9 heteroatoms. The van der Waals surface area contributed by atoms with Gasteiger partial charge < -0.3 is 20.0 Å². The average molecular weight is 383 g/mol. The molecular weight excluding hydrogens is 357 g/mol. The summed E-state index contributed by atoms with van der Waals surface area (Å²) in [6.07, 6.45) is 3.07. The number of nitrogen functional groups attached to an aromatic ring is 1. The third-order valence-electron chi connectivity index (χ3n) is 5.15. The van der Waals surface area contributed by atoms with Crippen molar-refractivity contribution in [3.05, 3.63) is 22.7 Å². The molecule has 3 N–H and O–H groups in total. The van der Waals surface area contributed by atoms with E-state index in [0.29, 0.717) is 0 Å². The second-order valence-corrected chi connectivity index (χ2v) is 12.7. The highest BCUT2D eigenvalue weighted by atomic mass is 28.4. The van der Waals surface area contributed by atoms with Gasteiger partial charge in [0.05, 0.1) is 6.61 Å². The Morgan fingerprint density at radius 2 is 2.19 bits per heavy atom. The SMILES string of the molecule is C#C[C@]1(F)[C@H](O[Si](C)(C)C(C)(C)C)[C@@H](CO)O[C@H]1n1ccc(N)nc1=O. The molecule has 4 atom stereocenters. The molecule has 1 fully saturated rings. The Bertz CT molecular complexity index is 770. The number of nitrogens with zero attached hydrogens (tertiary/aromatic N) is 2. The van der Waals surface area contributed by atoms with E-state index in [4.69, 9.17) is 21.3 Å². The van der Waals surface area contributed by atoms with Crippen molar-refractivity contribution in [3.63, 3.8) is 0 Å². The number of halogens is 1. The third-order valence-corrected chi connectivity index (χ3v) is 9.60. The maximum Gasteiger partial charge on any atom is 0.351 e. The van der Waals surface area contributed by atoms with E-state index >= 15 is 4.39 Å². The van der Waals surface area contributed by atoms with Crippen molar-refractivity contribution in [1.29, 1.82) is 0 Å². The molecule has 144 valence electrons. The average Bonchev–Trinajstić information content (AvgIpc) is 2.79. The molecule has 0 bridgehead atoms. The van der Waals surface area contributed by atoms with Crippen LogP contribution in [0.5, 0.6) is 0 Å². The minimum Gasteiger partial charge on any atom is -0.407 e. The molecular formula is C17H26FN3O4Si. The summed E-state index contributed by atoms with van der Waals surface area (Å²) < 4.78 is 28.6. The summed E-state index contributed by atoms with van der Waals surface area (Å²) in [5.74, 6) is 2.10. The van der Waals surface area contributed by atoms with Crippen LogP contribution in [0.15, 0.2) is 17.1 Å². The van der Waals surface area contributed by atoms with Gasteiger partial charge in [0.25, 0.3) is 0 Å². The predicted molar refractivity (Wildman–Crippen MR) is 98.6 cm³/mol. The van der Waals surface area contributed by atoms with Crippen LogP contribution in [-0.4, -0.2) is 47.5 Å². The summed E-state index contributed by atoms with van der Waals surface area (Å²) in [5.41, 5.74) is 2.23. The van der Waals surface area contributed by atoms with Crippen LogP contribution in [0, 0.1) is 12.3 Å². The number of nitrogens with two attached hydrogens (primary N) is 1. The smallest absolute Gasteiger partial charge is 0.351 e. The van der Waals surface area contributed by atoms with Gasteiger partial charge in [-0.1, -0.05) is 26.7 Å². The van der Waals surface area contributed by atoms with Gasteiger partial charge in [0, 0.05) is 6.20 Å². The van der Waals surface area contributed by atoms with E-state index < -0.39 is 44.7 Å². The van der Waals surface area contributed by atoms with Crippen LogP contribution in [0.4, 0.5) is 10.2 Å². The van der Waals surface area contributed by atoms with Crippen LogP contribution in [0.2, 0.25) is 18.1 Å². The Balaban J connectivity index is 2.50. The molecule has 1 aromatic heterocycles. The number of ether oxygens (including phenoxy) is 1. The van der Waals surface area contributed by atoms with E-state index in [2.05, 4.69) is 10.9 Å². The predicted octanol–water partition coefficient (Wildman–Crippen LogP) is 1.45. The lowest BCUT2D eigenvalue weighted by atomic mass is 9.97. The van der Waals surface area contributed by atoms with Crippen LogP contribution in [0.3, 0.4) is 0 Å². The lowest BCUT2D eigenvalue weighted by molar-refractivity contribution is -0.0538. The molecule has 0 aromatic carbocycles. The van der Waals surface area contributed by atoms with Crippen LogP contribution in [0.1, 0.15) is 27.0 Å². The highest BCUT2D eigenvalue weighted by Gasteiger charge is 2.61. The van der Waals surface area contributed by atoms with Crippen molar-refractivity contribution in [3.8, 4) is 12.3 Å². The number of rotatable bonds is 4. The first kappa shape index (κ1) is 20.6. The summed E-state index contributed by atoms with van der Waals surface area (Å²) in [6, 6.07) is 1.34. The summed E-state index contributed by atoms with van der Waals surface area (Å²) >= 11 is 0.